The zero-order chi connectivity index (χ0) is 14.6. The SMILES string of the molecule is N=C/C(=C\NCC1COC2(CCNCC2)C1)C(F)(F)F. The quantitative estimate of drug-likeness (QED) is 0.693. The van der Waals surface area contributed by atoms with E-state index in [2.05, 4.69) is 10.6 Å². The van der Waals surface area contributed by atoms with E-state index in [-0.39, 0.29) is 11.5 Å². The first-order valence-corrected chi connectivity index (χ1v) is 6.81. The molecule has 0 amide bonds. The molecule has 20 heavy (non-hydrogen) atoms. The van der Waals surface area contributed by atoms with Gasteiger partial charge in [-0.05, 0) is 32.4 Å². The highest BCUT2D eigenvalue weighted by molar-refractivity contribution is 5.77. The summed E-state index contributed by atoms with van der Waals surface area (Å²) >= 11 is 0. The molecule has 2 aliphatic rings. The Kier molecular flexibility index (Phi) is 4.70. The number of piperidine rings is 1. The highest BCUT2D eigenvalue weighted by Crippen LogP contribution is 2.36. The molecular formula is C13H20F3N3O. The predicted octanol–water partition coefficient (Wildman–Crippen LogP) is 1.83. The molecule has 0 aromatic heterocycles. The van der Waals surface area contributed by atoms with Crippen molar-refractivity contribution in [1.82, 2.24) is 10.6 Å². The molecule has 0 radical (unpaired) electrons. The van der Waals surface area contributed by atoms with E-state index in [1.807, 2.05) is 0 Å². The Morgan fingerprint density at radius 2 is 2.10 bits per heavy atom. The first kappa shape index (κ1) is 15.3. The minimum Gasteiger partial charge on any atom is -0.390 e. The van der Waals surface area contributed by atoms with Crippen LogP contribution >= 0.6 is 0 Å². The maximum atomic E-state index is 12.4. The van der Waals surface area contributed by atoms with Gasteiger partial charge < -0.3 is 20.8 Å². The van der Waals surface area contributed by atoms with Crippen LogP contribution < -0.4 is 10.6 Å². The second-order valence-electron chi connectivity index (χ2n) is 5.46. The zero-order valence-corrected chi connectivity index (χ0v) is 11.2. The van der Waals surface area contributed by atoms with Gasteiger partial charge in [0.15, 0.2) is 0 Å². The van der Waals surface area contributed by atoms with E-state index in [9.17, 15) is 13.2 Å². The normalized spacial score (nSPS) is 26.8. The topological polar surface area (TPSA) is 57.1 Å². The minimum atomic E-state index is -4.48. The number of halogens is 3. The number of rotatable bonds is 4. The van der Waals surface area contributed by atoms with Crippen LogP contribution in [0.5, 0.6) is 0 Å². The highest BCUT2D eigenvalue weighted by atomic mass is 19.4. The molecule has 0 aliphatic carbocycles. The third-order valence-corrected chi connectivity index (χ3v) is 3.95. The molecule has 2 aliphatic heterocycles. The van der Waals surface area contributed by atoms with Crippen molar-refractivity contribution in [2.45, 2.75) is 31.0 Å². The average Bonchev–Trinajstić information content (AvgIpc) is 2.77. The number of alkyl halides is 3. The smallest absolute Gasteiger partial charge is 0.390 e. The maximum Gasteiger partial charge on any atom is 0.419 e. The molecule has 0 saturated carbocycles. The lowest BCUT2D eigenvalue weighted by Gasteiger charge is -2.33. The van der Waals surface area contributed by atoms with Gasteiger partial charge in [0.1, 0.15) is 0 Å². The van der Waals surface area contributed by atoms with Crippen LogP contribution in [0, 0.1) is 11.3 Å². The van der Waals surface area contributed by atoms with Crippen molar-refractivity contribution < 1.29 is 17.9 Å². The molecule has 2 fully saturated rings. The lowest BCUT2D eigenvalue weighted by molar-refractivity contribution is -0.0860. The average molecular weight is 291 g/mol. The van der Waals surface area contributed by atoms with E-state index >= 15 is 0 Å². The Balaban J connectivity index is 1.81. The van der Waals surface area contributed by atoms with Gasteiger partial charge in [0.2, 0.25) is 0 Å². The van der Waals surface area contributed by atoms with Crippen molar-refractivity contribution in [3.8, 4) is 0 Å². The monoisotopic (exact) mass is 291 g/mol. The fraction of sp³-hybridized carbons (Fsp3) is 0.769. The van der Waals surface area contributed by atoms with E-state index in [0.717, 1.165) is 38.6 Å². The lowest BCUT2D eigenvalue weighted by Crippen LogP contribution is -2.41. The van der Waals surface area contributed by atoms with Crippen LogP contribution in [0.15, 0.2) is 11.8 Å². The van der Waals surface area contributed by atoms with E-state index < -0.39 is 11.7 Å². The van der Waals surface area contributed by atoms with Gasteiger partial charge in [0, 0.05) is 24.9 Å². The third kappa shape index (κ3) is 3.73. The van der Waals surface area contributed by atoms with Crippen LogP contribution in [-0.2, 0) is 4.74 Å². The van der Waals surface area contributed by atoms with Gasteiger partial charge >= 0.3 is 6.18 Å². The molecule has 0 aromatic carbocycles. The molecule has 7 heteroatoms. The Morgan fingerprint density at radius 1 is 1.40 bits per heavy atom. The first-order chi connectivity index (χ1) is 9.45. The Bertz CT molecular complexity index is 376. The molecular weight excluding hydrogens is 271 g/mol. The summed E-state index contributed by atoms with van der Waals surface area (Å²) in [5.74, 6) is 0.226. The zero-order valence-electron chi connectivity index (χ0n) is 11.2. The van der Waals surface area contributed by atoms with Gasteiger partial charge in [-0.3, -0.25) is 0 Å². The van der Waals surface area contributed by atoms with Crippen LogP contribution in [-0.4, -0.2) is 44.2 Å². The Morgan fingerprint density at radius 3 is 2.70 bits per heavy atom. The number of ether oxygens (including phenoxy) is 1. The summed E-state index contributed by atoms with van der Waals surface area (Å²) in [6, 6.07) is 0. The van der Waals surface area contributed by atoms with Crippen LogP contribution in [0.3, 0.4) is 0 Å². The summed E-state index contributed by atoms with van der Waals surface area (Å²) in [5.41, 5.74) is -1.04. The van der Waals surface area contributed by atoms with E-state index in [1.54, 1.807) is 0 Å². The van der Waals surface area contributed by atoms with E-state index in [0.29, 0.717) is 19.4 Å². The molecule has 1 unspecified atom stereocenters. The van der Waals surface area contributed by atoms with Crippen LogP contribution in [0.4, 0.5) is 13.2 Å². The maximum absolute atomic E-state index is 12.4. The van der Waals surface area contributed by atoms with Gasteiger partial charge in [-0.25, -0.2) is 0 Å². The van der Waals surface area contributed by atoms with Crippen LogP contribution in [0.2, 0.25) is 0 Å². The van der Waals surface area contributed by atoms with Gasteiger partial charge in [0.05, 0.1) is 17.8 Å². The fourth-order valence-electron chi connectivity index (χ4n) is 2.84. The predicted molar refractivity (Wildman–Crippen MR) is 69.8 cm³/mol. The molecule has 2 rings (SSSR count). The summed E-state index contributed by atoms with van der Waals surface area (Å²) in [4.78, 5) is 0. The standard InChI is InChI=1S/C13H20F3N3O/c14-13(15,16)11(6-17)8-19-7-10-5-12(20-9-10)1-3-18-4-2-12/h6,8,10,17-19H,1-5,7,9H2/b11-8+,17-6?. The lowest BCUT2D eigenvalue weighted by atomic mass is 9.86. The molecule has 1 atom stereocenters. The third-order valence-electron chi connectivity index (χ3n) is 3.95. The highest BCUT2D eigenvalue weighted by Gasteiger charge is 2.40. The molecule has 114 valence electrons. The van der Waals surface area contributed by atoms with E-state index in [4.69, 9.17) is 10.1 Å². The van der Waals surface area contributed by atoms with Crippen molar-refractivity contribution >= 4 is 6.21 Å². The number of allylic oxidation sites excluding steroid dienone is 1. The summed E-state index contributed by atoms with van der Waals surface area (Å²) in [5, 5.41) is 12.7. The molecule has 0 bridgehead atoms. The summed E-state index contributed by atoms with van der Waals surface area (Å²) in [6.45, 7) is 2.91. The van der Waals surface area contributed by atoms with Crippen LogP contribution in [0.1, 0.15) is 19.3 Å². The van der Waals surface area contributed by atoms with Gasteiger partial charge in [-0.15, -0.1) is 0 Å². The number of nitrogens with one attached hydrogen (secondary N) is 3. The molecule has 2 heterocycles. The van der Waals surface area contributed by atoms with Gasteiger partial charge in [-0.2, -0.15) is 13.2 Å². The second kappa shape index (κ2) is 6.13. The van der Waals surface area contributed by atoms with Crippen molar-refractivity contribution in [2.75, 3.05) is 26.2 Å². The van der Waals surface area contributed by atoms with Crippen molar-refractivity contribution in [2.24, 2.45) is 5.92 Å². The molecule has 0 aromatic rings. The van der Waals surface area contributed by atoms with Crippen LogP contribution in [0.25, 0.3) is 0 Å². The Hall–Kier alpha value is -1.08. The molecule has 4 nitrogen and oxygen atoms in total. The first-order valence-electron chi connectivity index (χ1n) is 6.81. The van der Waals surface area contributed by atoms with Gasteiger partial charge in [0.25, 0.3) is 0 Å². The largest absolute Gasteiger partial charge is 0.419 e. The summed E-state index contributed by atoms with van der Waals surface area (Å²) in [6.07, 6.45) is -0.452. The second-order valence-corrected chi connectivity index (χ2v) is 5.46. The fourth-order valence-corrected chi connectivity index (χ4v) is 2.84. The Labute approximate surface area is 116 Å². The van der Waals surface area contributed by atoms with Crippen molar-refractivity contribution in [3.63, 3.8) is 0 Å². The van der Waals surface area contributed by atoms with Crippen molar-refractivity contribution in [3.05, 3.63) is 11.8 Å². The van der Waals surface area contributed by atoms with Crippen molar-refractivity contribution in [1.29, 1.82) is 5.41 Å². The summed E-state index contributed by atoms with van der Waals surface area (Å²) < 4.78 is 43.1. The molecule has 2 saturated heterocycles. The van der Waals surface area contributed by atoms with E-state index in [1.165, 1.54) is 0 Å². The minimum absolute atomic E-state index is 0.0737. The molecule has 3 N–H and O–H groups in total. The number of hydrogen-bond donors (Lipinski definition) is 3. The summed E-state index contributed by atoms with van der Waals surface area (Å²) in [7, 11) is 0. The number of hydrogen-bond acceptors (Lipinski definition) is 4. The van der Waals surface area contributed by atoms with Gasteiger partial charge in [-0.1, -0.05) is 0 Å². The molecule has 1 spiro atoms.